The maximum Gasteiger partial charge on any atom is 0.0741 e. The Labute approximate surface area is 171 Å². The van der Waals surface area contributed by atoms with Crippen molar-refractivity contribution in [3.63, 3.8) is 0 Å². The van der Waals surface area contributed by atoms with Gasteiger partial charge in [-0.1, -0.05) is 35.9 Å². The standard InChI is InChI=1S/C23H25ClN4/c1-2-3-7-13-28-14-12-21-20(16-28)23(27-26-18-8-5-4-6-9-18)19-11-10-17(24)15-22(19)25-21/h2,4-6,8-11,15,26H,1,3,7,12-14,16H2,(H,25,27). The van der Waals surface area contributed by atoms with Crippen LogP contribution in [0, 0.1) is 0 Å². The van der Waals surface area contributed by atoms with Crippen LogP contribution in [0.3, 0.4) is 0 Å². The second kappa shape index (κ2) is 8.63. The SMILES string of the molecule is C=CCCCN1CCc2nc3cc(Cl)ccc3c(NNc3ccccc3)c2C1. The number of halogens is 1. The highest BCUT2D eigenvalue weighted by atomic mass is 35.5. The Hall–Kier alpha value is -2.56. The maximum absolute atomic E-state index is 6.23. The molecule has 0 spiro atoms. The van der Waals surface area contributed by atoms with Gasteiger partial charge in [0.25, 0.3) is 0 Å². The van der Waals surface area contributed by atoms with E-state index in [2.05, 4.69) is 28.4 Å². The molecule has 0 atom stereocenters. The number of hydrogen-bond donors (Lipinski definition) is 2. The Bertz CT molecular complexity index is 971. The van der Waals surface area contributed by atoms with Crippen LogP contribution in [0.4, 0.5) is 11.4 Å². The quantitative estimate of drug-likeness (QED) is 0.309. The van der Waals surface area contributed by atoms with Gasteiger partial charge in [0.05, 0.1) is 16.9 Å². The molecule has 0 fully saturated rings. The van der Waals surface area contributed by atoms with E-state index < -0.39 is 0 Å². The number of nitrogens with zero attached hydrogens (tertiary/aromatic N) is 2. The number of benzene rings is 2. The first-order chi connectivity index (χ1) is 13.7. The molecule has 1 aliphatic rings. The average molecular weight is 393 g/mol. The first kappa shape index (κ1) is 18.8. The van der Waals surface area contributed by atoms with Crippen molar-refractivity contribution in [1.82, 2.24) is 9.88 Å². The Morgan fingerprint density at radius 1 is 1.14 bits per heavy atom. The topological polar surface area (TPSA) is 40.2 Å². The van der Waals surface area contributed by atoms with Crippen molar-refractivity contribution in [3.8, 4) is 0 Å². The van der Waals surface area contributed by atoms with Crippen LogP contribution < -0.4 is 10.9 Å². The molecule has 0 aliphatic carbocycles. The first-order valence-electron chi connectivity index (χ1n) is 9.76. The number of aromatic nitrogens is 1. The van der Waals surface area contributed by atoms with Gasteiger partial charge >= 0.3 is 0 Å². The molecule has 144 valence electrons. The summed E-state index contributed by atoms with van der Waals surface area (Å²) in [4.78, 5) is 7.43. The fourth-order valence-corrected chi connectivity index (χ4v) is 3.89. The Morgan fingerprint density at radius 3 is 2.82 bits per heavy atom. The van der Waals surface area contributed by atoms with Gasteiger partial charge in [-0.25, -0.2) is 0 Å². The molecule has 4 nitrogen and oxygen atoms in total. The van der Waals surface area contributed by atoms with Crippen LogP contribution in [0.5, 0.6) is 0 Å². The first-order valence-corrected chi connectivity index (χ1v) is 10.1. The molecular weight excluding hydrogens is 368 g/mol. The number of rotatable bonds is 7. The minimum atomic E-state index is 0.712. The van der Waals surface area contributed by atoms with Crippen LogP contribution in [0.1, 0.15) is 24.1 Å². The number of nitrogens with one attached hydrogen (secondary N) is 2. The van der Waals surface area contributed by atoms with E-state index in [1.54, 1.807) is 0 Å². The number of para-hydroxylation sites is 1. The molecule has 4 rings (SSSR count). The third-order valence-electron chi connectivity index (χ3n) is 5.17. The van der Waals surface area contributed by atoms with E-state index in [1.807, 2.05) is 48.5 Å². The Kier molecular flexibility index (Phi) is 5.79. The van der Waals surface area contributed by atoms with Crippen molar-refractivity contribution in [3.05, 3.63) is 77.5 Å². The number of allylic oxidation sites excluding steroid dienone is 1. The summed E-state index contributed by atoms with van der Waals surface area (Å²) in [6.45, 7) is 6.85. The summed E-state index contributed by atoms with van der Waals surface area (Å²) in [5, 5.41) is 1.79. The number of unbranched alkanes of at least 4 members (excludes halogenated alkanes) is 1. The molecule has 2 aromatic carbocycles. The van der Waals surface area contributed by atoms with Crippen LogP contribution in [0.2, 0.25) is 5.02 Å². The molecule has 5 heteroatoms. The van der Waals surface area contributed by atoms with Gasteiger partial charge in [0.15, 0.2) is 0 Å². The summed E-state index contributed by atoms with van der Waals surface area (Å²) in [5.41, 5.74) is 12.3. The molecule has 0 amide bonds. The fraction of sp³-hybridized carbons (Fsp3) is 0.261. The van der Waals surface area contributed by atoms with Crippen molar-refractivity contribution < 1.29 is 0 Å². The summed E-state index contributed by atoms with van der Waals surface area (Å²) < 4.78 is 0. The summed E-state index contributed by atoms with van der Waals surface area (Å²) in [7, 11) is 0. The minimum absolute atomic E-state index is 0.712. The van der Waals surface area contributed by atoms with Crippen LogP contribution in [-0.2, 0) is 13.0 Å². The average Bonchev–Trinajstić information content (AvgIpc) is 2.72. The zero-order chi connectivity index (χ0) is 19.3. The van der Waals surface area contributed by atoms with Gasteiger partial charge in [0, 0.05) is 41.2 Å². The van der Waals surface area contributed by atoms with Gasteiger partial charge < -0.3 is 5.43 Å². The highest BCUT2D eigenvalue weighted by Crippen LogP contribution is 2.33. The third kappa shape index (κ3) is 4.13. The van der Waals surface area contributed by atoms with E-state index >= 15 is 0 Å². The van der Waals surface area contributed by atoms with Crippen molar-refractivity contribution >= 4 is 33.9 Å². The Balaban J connectivity index is 1.68. The van der Waals surface area contributed by atoms with Crippen molar-refractivity contribution in [2.75, 3.05) is 23.9 Å². The zero-order valence-electron chi connectivity index (χ0n) is 15.9. The molecule has 3 aromatic rings. The second-order valence-corrected chi connectivity index (χ2v) is 7.58. The molecule has 0 unspecified atom stereocenters. The lowest BCUT2D eigenvalue weighted by Crippen LogP contribution is -2.33. The molecule has 0 bridgehead atoms. The minimum Gasteiger partial charge on any atom is -0.301 e. The molecule has 1 aromatic heterocycles. The lowest BCUT2D eigenvalue weighted by molar-refractivity contribution is 0.250. The smallest absolute Gasteiger partial charge is 0.0741 e. The van der Waals surface area contributed by atoms with Crippen molar-refractivity contribution in [2.24, 2.45) is 0 Å². The number of hydrogen-bond acceptors (Lipinski definition) is 4. The molecule has 2 N–H and O–H groups in total. The van der Waals surface area contributed by atoms with Gasteiger partial charge in [0.1, 0.15) is 0 Å². The highest BCUT2D eigenvalue weighted by molar-refractivity contribution is 6.31. The number of anilines is 2. The molecule has 28 heavy (non-hydrogen) atoms. The van der Waals surface area contributed by atoms with E-state index in [4.69, 9.17) is 16.6 Å². The summed E-state index contributed by atoms with van der Waals surface area (Å²) >= 11 is 6.23. The molecule has 0 radical (unpaired) electrons. The van der Waals surface area contributed by atoms with Gasteiger partial charge in [-0.3, -0.25) is 15.3 Å². The molecule has 1 aliphatic heterocycles. The molecule has 0 saturated heterocycles. The van der Waals surface area contributed by atoms with Crippen molar-refractivity contribution in [2.45, 2.75) is 25.8 Å². The predicted octanol–water partition coefficient (Wildman–Crippen LogP) is 5.65. The second-order valence-electron chi connectivity index (χ2n) is 7.15. The molecule has 2 heterocycles. The summed E-state index contributed by atoms with van der Waals surface area (Å²) in [6, 6.07) is 16.1. The summed E-state index contributed by atoms with van der Waals surface area (Å²) in [5.74, 6) is 0. The largest absolute Gasteiger partial charge is 0.301 e. The normalized spacial score (nSPS) is 13.9. The Morgan fingerprint density at radius 2 is 2.00 bits per heavy atom. The number of pyridine rings is 1. The lowest BCUT2D eigenvalue weighted by atomic mass is 10.00. The fourth-order valence-electron chi connectivity index (χ4n) is 3.72. The van der Waals surface area contributed by atoms with E-state index in [9.17, 15) is 0 Å². The van der Waals surface area contributed by atoms with Crippen LogP contribution >= 0.6 is 11.6 Å². The summed E-state index contributed by atoms with van der Waals surface area (Å²) in [6.07, 6.45) is 5.14. The predicted molar refractivity (Wildman–Crippen MR) is 119 cm³/mol. The van der Waals surface area contributed by atoms with Gasteiger partial charge in [-0.2, -0.15) is 0 Å². The lowest BCUT2D eigenvalue weighted by Gasteiger charge is -2.30. The van der Waals surface area contributed by atoms with Crippen LogP contribution in [0.15, 0.2) is 61.2 Å². The van der Waals surface area contributed by atoms with E-state index in [0.717, 1.165) is 66.9 Å². The van der Waals surface area contributed by atoms with E-state index in [-0.39, 0.29) is 0 Å². The van der Waals surface area contributed by atoms with Crippen LogP contribution in [-0.4, -0.2) is 23.0 Å². The zero-order valence-corrected chi connectivity index (χ0v) is 16.7. The van der Waals surface area contributed by atoms with Crippen molar-refractivity contribution in [1.29, 1.82) is 0 Å². The molecular formula is C23H25ClN4. The van der Waals surface area contributed by atoms with Crippen LogP contribution in [0.25, 0.3) is 10.9 Å². The molecule has 0 saturated carbocycles. The number of fused-ring (bicyclic) bond motifs is 2. The maximum atomic E-state index is 6.23. The highest BCUT2D eigenvalue weighted by Gasteiger charge is 2.22. The van der Waals surface area contributed by atoms with E-state index in [1.165, 1.54) is 5.56 Å². The monoisotopic (exact) mass is 392 g/mol. The number of hydrazine groups is 1. The van der Waals surface area contributed by atoms with Gasteiger partial charge in [0.2, 0.25) is 0 Å². The third-order valence-corrected chi connectivity index (χ3v) is 5.40. The van der Waals surface area contributed by atoms with Gasteiger partial charge in [-0.05, 0) is 49.7 Å². The van der Waals surface area contributed by atoms with Gasteiger partial charge in [-0.15, -0.1) is 6.58 Å². The van der Waals surface area contributed by atoms with E-state index in [0.29, 0.717) is 5.02 Å².